The number of Topliss-reactive ketones (excluding diaryl/α,β-unsaturated/α-hetero) is 1. The van der Waals surface area contributed by atoms with E-state index in [1.54, 1.807) is 11.8 Å². The Morgan fingerprint density at radius 1 is 1.08 bits per heavy atom. The van der Waals surface area contributed by atoms with Crippen molar-refractivity contribution >= 4 is 23.5 Å². The number of benzene rings is 2. The molecule has 1 aliphatic rings. The van der Waals surface area contributed by atoms with Gasteiger partial charge in [-0.2, -0.15) is 0 Å². The summed E-state index contributed by atoms with van der Waals surface area (Å²) in [6.07, 6.45) is 1.15. The minimum Gasteiger partial charge on any atom is -0.349 e. The van der Waals surface area contributed by atoms with Crippen LogP contribution in [0.3, 0.4) is 0 Å². The molecule has 0 radical (unpaired) electrons. The number of rotatable bonds is 5. The molecule has 1 aliphatic heterocycles. The Hall–Kier alpha value is -2.14. The lowest BCUT2D eigenvalue weighted by Gasteiger charge is -2.25. The van der Waals surface area contributed by atoms with Crippen LogP contribution in [0.4, 0.5) is 4.39 Å². The monoisotopic (exact) mass is 343 g/mol. The number of amides is 1. The summed E-state index contributed by atoms with van der Waals surface area (Å²) in [7, 11) is 0. The van der Waals surface area contributed by atoms with Gasteiger partial charge in [-0.15, -0.1) is 11.8 Å². The number of hydrogen-bond acceptors (Lipinski definition) is 3. The zero-order valence-electron chi connectivity index (χ0n) is 13.1. The van der Waals surface area contributed by atoms with Gasteiger partial charge in [0.2, 0.25) is 5.91 Å². The van der Waals surface area contributed by atoms with Crippen LogP contribution >= 0.6 is 11.8 Å². The number of thioether (sulfide) groups is 1. The molecule has 0 unspecified atom stereocenters. The Kier molecular flexibility index (Phi) is 5.30. The maximum atomic E-state index is 12.9. The molecule has 0 aliphatic carbocycles. The fourth-order valence-electron chi connectivity index (χ4n) is 2.77. The lowest BCUT2D eigenvalue weighted by molar-refractivity contribution is -0.121. The van der Waals surface area contributed by atoms with Gasteiger partial charge in [0.25, 0.3) is 0 Å². The Morgan fingerprint density at radius 2 is 1.83 bits per heavy atom. The van der Waals surface area contributed by atoms with Gasteiger partial charge in [-0.25, -0.2) is 4.39 Å². The molecule has 0 saturated heterocycles. The van der Waals surface area contributed by atoms with Gasteiger partial charge in [-0.05, 0) is 42.3 Å². The Balaban J connectivity index is 1.55. The molecule has 0 saturated carbocycles. The van der Waals surface area contributed by atoms with Crippen LogP contribution in [0, 0.1) is 5.82 Å². The van der Waals surface area contributed by atoms with Gasteiger partial charge in [-0.3, -0.25) is 9.59 Å². The summed E-state index contributed by atoms with van der Waals surface area (Å²) in [6, 6.07) is 13.5. The third-order valence-corrected chi connectivity index (χ3v) is 5.16. The fraction of sp³-hybridized carbons (Fsp3) is 0.263. The van der Waals surface area contributed by atoms with Crippen molar-refractivity contribution in [3.05, 3.63) is 65.5 Å². The van der Waals surface area contributed by atoms with Crippen LogP contribution in [0.15, 0.2) is 53.4 Å². The average Bonchev–Trinajstić information content (AvgIpc) is 2.61. The number of hydrogen-bond donors (Lipinski definition) is 1. The second-order valence-corrected chi connectivity index (χ2v) is 6.86. The molecule has 0 aromatic heterocycles. The van der Waals surface area contributed by atoms with Gasteiger partial charge in [0.15, 0.2) is 5.78 Å². The third kappa shape index (κ3) is 4.03. The van der Waals surface area contributed by atoms with Gasteiger partial charge in [0.05, 0.1) is 6.04 Å². The van der Waals surface area contributed by atoms with Gasteiger partial charge in [-0.1, -0.05) is 18.2 Å². The van der Waals surface area contributed by atoms with E-state index in [0.717, 1.165) is 17.7 Å². The van der Waals surface area contributed by atoms with Crippen LogP contribution in [0.1, 0.15) is 41.2 Å². The summed E-state index contributed by atoms with van der Waals surface area (Å²) in [5.74, 6) is 0.316. The zero-order valence-corrected chi connectivity index (χ0v) is 13.9. The Morgan fingerprint density at radius 3 is 2.62 bits per heavy atom. The third-order valence-electron chi connectivity index (χ3n) is 4.04. The first kappa shape index (κ1) is 16.7. The second-order valence-electron chi connectivity index (χ2n) is 5.73. The van der Waals surface area contributed by atoms with E-state index >= 15 is 0 Å². The molecule has 3 nitrogen and oxygen atoms in total. The lowest BCUT2D eigenvalue weighted by Crippen LogP contribution is -2.30. The van der Waals surface area contributed by atoms with Crippen LogP contribution in [0.25, 0.3) is 0 Å². The van der Waals surface area contributed by atoms with Crippen LogP contribution in [0.5, 0.6) is 0 Å². The van der Waals surface area contributed by atoms with Gasteiger partial charge in [0.1, 0.15) is 5.82 Å². The van der Waals surface area contributed by atoms with E-state index in [0.29, 0.717) is 5.56 Å². The lowest BCUT2D eigenvalue weighted by atomic mass is 10.0. The summed E-state index contributed by atoms with van der Waals surface area (Å²) < 4.78 is 12.9. The van der Waals surface area contributed by atoms with Crippen LogP contribution in [-0.2, 0) is 4.79 Å². The predicted molar refractivity (Wildman–Crippen MR) is 92.6 cm³/mol. The zero-order chi connectivity index (χ0) is 16.9. The highest BCUT2D eigenvalue weighted by Crippen LogP contribution is 2.35. The van der Waals surface area contributed by atoms with E-state index in [1.165, 1.54) is 29.2 Å². The molecule has 1 heterocycles. The topological polar surface area (TPSA) is 46.2 Å². The molecule has 5 heteroatoms. The van der Waals surface area contributed by atoms with E-state index < -0.39 is 0 Å². The molecule has 1 amide bonds. The molecule has 1 atom stereocenters. The molecule has 24 heavy (non-hydrogen) atoms. The highest BCUT2D eigenvalue weighted by Gasteiger charge is 2.22. The normalized spacial score (nSPS) is 16.3. The largest absolute Gasteiger partial charge is 0.349 e. The van der Waals surface area contributed by atoms with Gasteiger partial charge in [0, 0.05) is 29.1 Å². The summed E-state index contributed by atoms with van der Waals surface area (Å²) in [4.78, 5) is 25.4. The smallest absolute Gasteiger partial charge is 0.220 e. The Bertz CT molecular complexity index is 745. The minimum atomic E-state index is -0.377. The molecule has 0 bridgehead atoms. The summed E-state index contributed by atoms with van der Waals surface area (Å²) in [5.41, 5.74) is 1.58. The molecular formula is C19H18FNO2S. The van der Waals surface area contributed by atoms with Crippen molar-refractivity contribution in [1.82, 2.24) is 5.32 Å². The van der Waals surface area contributed by atoms with Crippen molar-refractivity contribution in [2.75, 3.05) is 5.75 Å². The van der Waals surface area contributed by atoms with E-state index in [4.69, 9.17) is 0 Å². The average molecular weight is 343 g/mol. The standard InChI is InChI=1S/C19H18FNO2S/c20-14-7-5-13(6-8-14)17(22)9-10-19(23)21-16-11-12-24-18-4-2-1-3-15(16)18/h1-8,16H,9-12H2,(H,21,23)/t16-/m0/s1. The SMILES string of the molecule is O=C(CCC(=O)c1ccc(F)cc1)N[C@H]1CCSc2ccccc21. The number of ketones is 1. The molecule has 3 rings (SSSR count). The maximum Gasteiger partial charge on any atom is 0.220 e. The number of nitrogens with one attached hydrogen (secondary N) is 1. The molecular weight excluding hydrogens is 325 g/mol. The van der Waals surface area contributed by atoms with Crippen LogP contribution in [-0.4, -0.2) is 17.4 Å². The quantitative estimate of drug-likeness (QED) is 0.830. The van der Waals surface area contributed by atoms with E-state index in [9.17, 15) is 14.0 Å². The summed E-state index contributed by atoms with van der Waals surface area (Å²) in [6.45, 7) is 0. The molecule has 1 N–H and O–H groups in total. The number of carbonyl (C=O) groups is 2. The van der Waals surface area contributed by atoms with Crippen molar-refractivity contribution in [2.24, 2.45) is 0 Å². The minimum absolute atomic E-state index is 0.0101. The van der Waals surface area contributed by atoms with Crippen LogP contribution < -0.4 is 5.32 Å². The first-order chi connectivity index (χ1) is 11.6. The van der Waals surface area contributed by atoms with Crippen molar-refractivity contribution in [1.29, 1.82) is 0 Å². The number of halogens is 1. The van der Waals surface area contributed by atoms with Crippen molar-refractivity contribution in [2.45, 2.75) is 30.2 Å². The van der Waals surface area contributed by atoms with E-state index in [-0.39, 0.29) is 36.4 Å². The molecule has 2 aromatic rings. The summed E-state index contributed by atoms with van der Waals surface area (Å²) >= 11 is 1.80. The second kappa shape index (κ2) is 7.62. The summed E-state index contributed by atoms with van der Waals surface area (Å²) in [5, 5.41) is 3.03. The highest BCUT2D eigenvalue weighted by molar-refractivity contribution is 7.99. The first-order valence-corrected chi connectivity index (χ1v) is 8.92. The molecule has 2 aromatic carbocycles. The molecule has 124 valence electrons. The number of fused-ring (bicyclic) bond motifs is 1. The van der Waals surface area contributed by atoms with Crippen molar-refractivity contribution < 1.29 is 14.0 Å². The first-order valence-electron chi connectivity index (χ1n) is 7.93. The van der Waals surface area contributed by atoms with Gasteiger partial charge < -0.3 is 5.32 Å². The predicted octanol–water partition coefficient (Wildman–Crippen LogP) is 4.14. The van der Waals surface area contributed by atoms with Crippen molar-refractivity contribution in [3.8, 4) is 0 Å². The van der Waals surface area contributed by atoms with Crippen LogP contribution in [0.2, 0.25) is 0 Å². The molecule has 0 fully saturated rings. The maximum absolute atomic E-state index is 12.9. The van der Waals surface area contributed by atoms with E-state index in [1.807, 2.05) is 18.2 Å². The Labute approximate surface area is 144 Å². The van der Waals surface area contributed by atoms with Gasteiger partial charge >= 0.3 is 0 Å². The van der Waals surface area contributed by atoms with E-state index in [2.05, 4.69) is 11.4 Å². The van der Waals surface area contributed by atoms with Crippen molar-refractivity contribution in [3.63, 3.8) is 0 Å². The fourth-order valence-corrected chi connectivity index (χ4v) is 3.89. The number of carbonyl (C=O) groups excluding carboxylic acids is 2. The molecule has 0 spiro atoms. The highest BCUT2D eigenvalue weighted by atomic mass is 32.2.